The maximum atomic E-state index is 14.0. The van der Waals surface area contributed by atoms with E-state index in [2.05, 4.69) is 18.8 Å². The lowest BCUT2D eigenvalue weighted by Gasteiger charge is -2.27. The Labute approximate surface area is 108 Å². The van der Waals surface area contributed by atoms with E-state index in [1.165, 1.54) is 13.1 Å². The standard InChI is InChI=1S/C15H21F2N/c1-4-11(3)14(7-8-14)12-6-9-18-10-13(12)15(16,17)5-2/h6,9-11H,4-5,7-8H2,1-3H3. The van der Waals surface area contributed by atoms with Gasteiger partial charge in [-0.05, 0) is 35.8 Å². The highest BCUT2D eigenvalue weighted by Gasteiger charge is 2.51. The molecule has 1 nitrogen and oxygen atoms in total. The summed E-state index contributed by atoms with van der Waals surface area (Å²) in [4.78, 5) is 3.91. The quantitative estimate of drug-likeness (QED) is 0.743. The van der Waals surface area contributed by atoms with Crippen LogP contribution in [0, 0.1) is 5.92 Å². The predicted molar refractivity (Wildman–Crippen MR) is 68.8 cm³/mol. The summed E-state index contributed by atoms with van der Waals surface area (Å²) in [5.41, 5.74) is 0.954. The molecular formula is C15H21F2N. The predicted octanol–water partition coefficient (Wildman–Crippen LogP) is 4.66. The SMILES string of the molecule is CCC(C)C1(c2ccncc2C(F)(F)CC)CC1. The second-order valence-electron chi connectivity index (χ2n) is 5.44. The van der Waals surface area contributed by atoms with Crippen LogP contribution in [-0.4, -0.2) is 4.98 Å². The van der Waals surface area contributed by atoms with Crippen LogP contribution in [0.5, 0.6) is 0 Å². The molecule has 0 aliphatic heterocycles. The van der Waals surface area contributed by atoms with Gasteiger partial charge < -0.3 is 0 Å². The Morgan fingerprint density at radius 1 is 1.39 bits per heavy atom. The molecule has 100 valence electrons. The Morgan fingerprint density at radius 3 is 2.56 bits per heavy atom. The van der Waals surface area contributed by atoms with Crippen LogP contribution in [0.2, 0.25) is 0 Å². The molecule has 1 fully saturated rings. The van der Waals surface area contributed by atoms with Crippen molar-refractivity contribution in [3.05, 3.63) is 29.6 Å². The number of pyridine rings is 1. The smallest absolute Gasteiger partial charge is 0.264 e. The number of rotatable bonds is 5. The van der Waals surface area contributed by atoms with Crippen LogP contribution in [0.4, 0.5) is 8.78 Å². The molecule has 0 bridgehead atoms. The van der Waals surface area contributed by atoms with Crippen molar-refractivity contribution in [2.75, 3.05) is 0 Å². The van der Waals surface area contributed by atoms with Gasteiger partial charge in [-0.25, -0.2) is 8.78 Å². The maximum Gasteiger partial charge on any atom is 0.274 e. The van der Waals surface area contributed by atoms with Crippen molar-refractivity contribution < 1.29 is 8.78 Å². The largest absolute Gasteiger partial charge is 0.274 e. The van der Waals surface area contributed by atoms with Gasteiger partial charge in [-0.15, -0.1) is 0 Å². The van der Waals surface area contributed by atoms with Gasteiger partial charge in [0.15, 0.2) is 0 Å². The molecule has 3 heteroatoms. The number of hydrogen-bond donors (Lipinski definition) is 0. The highest BCUT2D eigenvalue weighted by Crippen LogP contribution is 2.57. The average molecular weight is 253 g/mol. The van der Waals surface area contributed by atoms with Crippen molar-refractivity contribution in [3.63, 3.8) is 0 Å². The van der Waals surface area contributed by atoms with Gasteiger partial charge in [-0.2, -0.15) is 0 Å². The Kier molecular flexibility index (Phi) is 3.43. The number of nitrogens with zero attached hydrogens (tertiary/aromatic N) is 1. The first-order valence-corrected chi connectivity index (χ1v) is 6.80. The van der Waals surface area contributed by atoms with E-state index in [4.69, 9.17) is 0 Å². The number of hydrogen-bond acceptors (Lipinski definition) is 1. The van der Waals surface area contributed by atoms with E-state index in [-0.39, 0.29) is 17.4 Å². The van der Waals surface area contributed by atoms with E-state index in [1.807, 2.05) is 0 Å². The number of alkyl halides is 2. The molecule has 2 rings (SSSR count). The zero-order valence-electron chi connectivity index (χ0n) is 11.3. The molecule has 0 radical (unpaired) electrons. The van der Waals surface area contributed by atoms with Crippen molar-refractivity contribution in [2.45, 2.75) is 57.8 Å². The van der Waals surface area contributed by atoms with E-state index in [0.717, 1.165) is 24.8 Å². The molecule has 0 N–H and O–H groups in total. The average Bonchev–Trinajstić information content (AvgIpc) is 3.19. The summed E-state index contributed by atoms with van der Waals surface area (Å²) < 4.78 is 28.1. The normalized spacial score (nSPS) is 19.6. The molecular weight excluding hydrogens is 232 g/mol. The Bertz CT molecular complexity index is 424. The lowest BCUT2D eigenvalue weighted by atomic mass is 9.79. The molecule has 1 saturated carbocycles. The third kappa shape index (κ3) is 2.04. The summed E-state index contributed by atoms with van der Waals surface area (Å²) in [5.74, 6) is -2.31. The molecule has 0 amide bonds. The molecule has 18 heavy (non-hydrogen) atoms. The Morgan fingerprint density at radius 2 is 2.06 bits per heavy atom. The van der Waals surface area contributed by atoms with Crippen molar-refractivity contribution in [2.24, 2.45) is 5.92 Å². The Balaban J connectivity index is 2.47. The van der Waals surface area contributed by atoms with Crippen LogP contribution in [0.15, 0.2) is 18.5 Å². The summed E-state index contributed by atoms with van der Waals surface area (Å²) in [5, 5.41) is 0. The zero-order chi connectivity index (χ0) is 13.4. The molecule has 1 atom stereocenters. The van der Waals surface area contributed by atoms with E-state index >= 15 is 0 Å². The summed E-state index contributed by atoms with van der Waals surface area (Å²) in [6.07, 6.45) is 5.92. The summed E-state index contributed by atoms with van der Waals surface area (Å²) >= 11 is 0. The lowest BCUT2D eigenvalue weighted by Crippen LogP contribution is -2.24. The van der Waals surface area contributed by atoms with Crippen molar-refractivity contribution in [1.29, 1.82) is 0 Å². The molecule has 1 aromatic heterocycles. The zero-order valence-corrected chi connectivity index (χ0v) is 11.3. The molecule has 0 aromatic carbocycles. The minimum absolute atomic E-state index is 0.0222. The summed E-state index contributed by atoms with van der Waals surface area (Å²) in [7, 11) is 0. The first-order chi connectivity index (χ1) is 8.48. The second kappa shape index (κ2) is 4.60. The van der Waals surface area contributed by atoms with Crippen molar-refractivity contribution in [3.8, 4) is 0 Å². The summed E-state index contributed by atoms with van der Waals surface area (Å²) in [6, 6.07) is 1.80. The van der Waals surface area contributed by atoms with Crippen LogP contribution in [0.1, 0.15) is 57.6 Å². The second-order valence-corrected chi connectivity index (χ2v) is 5.44. The fourth-order valence-electron chi connectivity index (χ4n) is 2.86. The van der Waals surface area contributed by atoms with Gasteiger partial charge in [0.2, 0.25) is 0 Å². The molecule has 1 aromatic rings. The van der Waals surface area contributed by atoms with Crippen molar-refractivity contribution >= 4 is 0 Å². The van der Waals surface area contributed by atoms with Crippen LogP contribution < -0.4 is 0 Å². The molecule has 1 aliphatic carbocycles. The van der Waals surface area contributed by atoms with Crippen LogP contribution >= 0.6 is 0 Å². The van der Waals surface area contributed by atoms with E-state index in [0.29, 0.717) is 5.92 Å². The van der Waals surface area contributed by atoms with E-state index in [1.54, 1.807) is 12.3 Å². The lowest BCUT2D eigenvalue weighted by molar-refractivity contribution is -0.0103. The van der Waals surface area contributed by atoms with Gasteiger partial charge in [-0.1, -0.05) is 27.2 Å². The van der Waals surface area contributed by atoms with Gasteiger partial charge in [0.1, 0.15) is 0 Å². The van der Waals surface area contributed by atoms with Gasteiger partial charge >= 0.3 is 0 Å². The molecule has 1 unspecified atom stereocenters. The minimum Gasteiger partial charge on any atom is -0.264 e. The third-order valence-corrected chi connectivity index (χ3v) is 4.54. The monoisotopic (exact) mass is 253 g/mol. The van der Waals surface area contributed by atoms with Crippen LogP contribution in [-0.2, 0) is 11.3 Å². The van der Waals surface area contributed by atoms with E-state index in [9.17, 15) is 8.78 Å². The first-order valence-electron chi connectivity index (χ1n) is 6.80. The first kappa shape index (κ1) is 13.4. The van der Waals surface area contributed by atoms with Gasteiger partial charge in [0.25, 0.3) is 5.92 Å². The molecule has 0 saturated heterocycles. The fourth-order valence-corrected chi connectivity index (χ4v) is 2.86. The number of aromatic nitrogens is 1. The molecule has 1 heterocycles. The highest BCUT2D eigenvalue weighted by atomic mass is 19.3. The van der Waals surface area contributed by atoms with Crippen molar-refractivity contribution in [1.82, 2.24) is 4.98 Å². The third-order valence-electron chi connectivity index (χ3n) is 4.54. The van der Waals surface area contributed by atoms with E-state index < -0.39 is 5.92 Å². The van der Waals surface area contributed by atoms with Crippen LogP contribution in [0.3, 0.4) is 0 Å². The highest BCUT2D eigenvalue weighted by molar-refractivity contribution is 5.39. The molecule has 1 aliphatic rings. The van der Waals surface area contributed by atoms with Crippen LogP contribution in [0.25, 0.3) is 0 Å². The number of halogens is 2. The fraction of sp³-hybridized carbons (Fsp3) is 0.667. The Hall–Kier alpha value is -0.990. The van der Waals surface area contributed by atoms with Gasteiger partial charge in [-0.3, -0.25) is 4.98 Å². The van der Waals surface area contributed by atoms with Gasteiger partial charge in [0.05, 0.1) is 0 Å². The minimum atomic E-state index is -2.76. The summed E-state index contributed by atoms with van der Waals surface area (Å²) in [6.45, 7) is 5.82. The maximum absolute atomic E-state index is 14.0. The molecule has 0 spiro atoms. The topological polar surface area (TPSA) is 12.9 Å². The van der Waals surface area contributed by atoms with Gasteiger partial charge in [0, 0.05) is 24.4 Å².